The Morgan fingerprint density at radius 2 is 1.90 bits per heavy atom. The molecule has 0 fully saturated rings. The Morgan fingerprint density at radius 1 is 1.30 bits per heavy atom. The van der Waals surface area contributed by atoms with Gasteiger partial charge in [0.25, 0.3) is 0 Å². The van der Waals surface area contributed by atoms with Crippen LogP contribution < -0.4 is 5.53 Å². The third-order valence-electron chi connectivity index (χ3n) is 0.771. The Morgan fingerprint density at radius 3 is 2.40 bits per heavy atom. The predicted molar refractivity (Wildman–Crippen MR) is 42.8 cm³/mol. The molecule has 10 heavy (non-hydrogen) atoms. The van der Waals surface area contributed by atoms with Crippen LogP contribution >= 0.6 is 46.6 Å². The van der Waals surface area contributed by atoms with Gasteiger partial charge in [0.2, 0.25) is 0 Å². The average Bonchev–Trinajstić information content (AvgIpc) is 1.93. The fourth-order valence-corrected chi connectivity index (χ4v) is 0.947. The van der Waals surface area contributed by atoms with Gasteiger partial charge in [0.1, 0.15) is 5.03 Å². The molecule has 0 bridgehead atoms. The lowest BCUT2D eigenvalue weighted by Crippen LogP contribution is -2.27. The number of allylic oxidation sites excluding steroid dienone is 1. The van der Waals surface area contributed by atoms with Gasteiger partial charge in [-0.2, -0.15) is 4.53 Å². The van der Waals surface area contributed by atoms with E-state index >= 15 is 0 Å². The topological polar surface area (TPSA) is 27.6 Å². The van der Waals surface area contributed by atoms with E-state index in [-0.39, 0.29) is 15.4 Å². The fraction of sp³-hybridized carbons (Fsp3) is 0. The first-order valence-electron chi connectivity index (χ1n) is 2.13. The molecule has 1 aliphatic heterocycles. The van der Waals surface area contributed by atoms with E-state index in [1.165, 1.54) is 0 Å². The third kappa shape index (κ3) is 1.42. The first kappa shape index (κ1) is 8.27. The fourth-order valence-electron chi connectivity index (χ4n) is 0.352. The minimum atomic E-state index is 0.0866. The van der Waals surface area contributed by atoms with E-state index in [0.717, 1.165) is 4.53 Å². The van der Waals surface area contributed by atoms with Gasteiger partial charge in [-0.25, -0.2) is 5.53 Å². The van der Waals surface area contributed by atoms with Crippen LogP contribution in [0.3, 0.4) is 0 Å². The van der Waals surface area contributed by atoms with Crippen molar-refractivity contribution < 1.29 is 0 Å². The molecule has 0 radical (unpaired) electrons. The Kier molecular flexibility index (Phi) is 2.52. The van der Waals surface area contributed by atoms with Gasteiger partial charge in [0.05, 0.1) is 0 Å². The number of hydrazine groups is 1. The van der Waals surface area contributed by atoms with Crippen molar-refractivity contribution in [2.45, 2.75) is 0 Å². The van der Waals surface area contributed by atoms with E-state index in [4.69, 9.17) is 46.6 Å². The highest BCUT2D eigenvalue weighted by Gasteiger charge is 2.17. The lowest BCUT2D eigenvalue weighted by atomic mass is 10.6. The van der Waals surface area contributed by atoms with Crippen molar-refractivity contribution in [2.75, 3.05) is 0 Å². The molecular formula is C3HCl4N3. The zero-order chi connectivity index (χ0) is 7.72. The van der Waals surface area contributed by atoms with Gasteiger partial charge in [0, 0.05) is 11.8 Å². The first-order valence-corrected chi connectivity index (χ1v) is 3.60. The van der Waals surface area contributed by atoms with Crippen molar-refractivity contribution in [1.29, 1.82) is 0 Å². The molecule has 0 saturated carbocycles. The van der Waals surface area contributed by atoms with E-state index in [2.05, 4.69) is 10.6 Å². The highest BCUT2D eigenvalue weighted by atomic mass is 35.5. The molecule has 1 heterocycles. The molecule has 0 aliphatic carbocycles. The summed E-state index contributed by atoms with van der Waals surface area (Å²) in [6.07, 6.45) is 0. The van der Waals surface area contributed by atoms with E-state index < -0.39 is 0 Å². The summed E-state index contributed by atoms with van der Waals surface area (Å²) in [4.78, 5) is 0. The van der Waals surface area contributed by atoms with Gasteiger partial charge in [-0.3, -0.25) is 0 Å². The smallest absolute Gasteiger partial charge is 0.172 e. The van der Waals surface area contributed by atoms with E-state index in [1.54, 1.807) is 0 Å². The van der Waals surface area contributed by atoms with E-state index in [9.17, 15) is 0 Å². The molecule has 56 valence electrons. The normalized spacial score (nSPS) is 18.8. The lowest BCUT2D eigenvalue weighted by molar-refractivity contribution is 0.438. The Labute approximate surface area is 77.2 Å². The monoisotopic (exact) mass is 219 g/mol. The number of hydrogen-bond donors (Lipinski definition) is 1. The van der Waals surface area contributed by atoms with Crippen molar-refractivity contribution in [3.63, 3.8) is 0 Å². The number of hydrogen-bond acceptors (Lipinski definition) is 3. The standard InChI is InChI=1S/C3HCl4N3/c4-1-2(5)8-9-10(7)3(1)6/h9H. The Hall–Kier alpha value is 0.170. The molecule has 0 aromatic carbocycles. The molecule has 0 saturated heterocycles. The average molecular weight is 221 g/mol. The predicted octanol–water partition coefficient (Wildman–Crippen LogP) is 2.16. The largest absolute Gasteiger partial charge is 0.201 e. The second kappa shape index (κ2) is 3.05. The number of hydrazone groups is 1. The SMILES string of the molecule is ClC1=NNN(Cl)C(Cl)=C1Cl. The van der Waals surface area contributed by atoms with Crippen molar-refractivity contribution in [2.24, 2.45) is 5.10 Å². The number of nitrogens with zero attached hydrogens (tertiary/aromatic N) is 2. The third-order valence-corrected chi connectivity index (χ3v) is 2.28. The van der Waals surface area contributed by atoms with Crippen LogP contribution in [0, 0.1) is 0 Å². The quantitative estimate of drug-likeness (QED) is 0.501. The minimum absolute atomic E-state index is 0.0866. The molecule has 7 heteroatoms. The molecule has 3 nitrogen and oxygen atoms in total. The molecule has 0 aromatic heterocycles. The summed E-state index contributed by atoms with van der Waals surface area (Å²) < 4.78 is 0.926. The highest BCUT2D eigenvalue weighted by molar-refractivity contribution is 6.77. The summed E-state index contributed by atoms with van der Waals surface area (Å²) in [6, 6.07) is 0. The Bertz CT molecular complexity index is 210. The van der Waals surface area contributed by atoms with Crippen LogP contribution in [-0.2, 0) is 0 Å². The maximum absolute atomic E-state index is 5.53. The summed E-state index contributed by atoms with van der Waals surface area (Å²) in [5.74, 6) is 0. The second-order valence-corrected chi connectivity index (χ2v) is 2.82. The Balaban J connectivity index is 2.94. The highest BCUT2D eigenvalue weighted by Crippen LogP contribution is 2.24. The van der Waals surface area contributed by atoms with Gasteiger partial charge in [-0.05, 0) is 0 Å². The lowest BCUT2D eigenvalue weighted by Gasteiger charge is -2.17. The van der Waals surface area contributed by atoms with Crippen LogP contribution in [-0.4, -0.2) is 9.70 Å². The molecule has 0 atom stereocenters. The maximum atomic E-state index is 5.53. The molecule has 0 unspecified atom stereocenters. The van der Waals surface area contributed by atoms with Crippen molar-refractivity contribution >= 4 is 51.8 Å². The van der Waals surface area contributed by atoms with Crippen LogP contribution in [0.25, 0.3) is 0 Å². The molecular weight excluding hydrogens is 220 g/mol. The molecule has 1 N–H and O–H groups in total. The van der Waals surface area contributed by atoms with Crippen LogP contribution in [0.1, 0.15) is 0 Å². The molecule has 1 aliphatic rings. The van der Waals surface area contributed by atoms with Crippen molar-refractivity contribution in [1.82, 2.24) is 10.1 Å². The summed E-state index contributed by atoms with van der Waals surface area (Å²) in [6.45, 7) is 0. The summed E-state index contributed by atoms with van der Waals surface area (Å²) in [5.41, 5.74) is 2.29. The zero-order valence-electron chi connectivity index (χ0n) is 4.41. The maximum Gasteiger partial charge on any atom is 0.172 e. The zero-order valence-corrected chi connectivity index (χ0v) is 7.43. The number of nitrogens with one attached hydrogen (secondary N) is 1. The van der Waals surface area contributed by atoms with Crippen LogP contribution in [0.4, 0.5) is 0 Å². The van der Waals surface area contributed by atoms with Crippen molar-refractivity contribution in [3.8, 4) is 0 Å². The molecule has 0 amide bonds. The number of halogens is 4. The minimum Gasteiger partial charge on any atom is -0.201 e. The van der Waals surface area contributed by atoms with Gasteiger partial charge in [-0.15, -0.1) is 5.10 Å². The van der Waals surface area contributed by atoms with Crippen LogP contribution in [0.5, 0.6) is 0 Å². The molecule has 1 rings (SSSR count). The summed E-state index contributed by atoms with van der Waals surface area (Å²) in [7, 11) is 0. The first-order chi connectivity index (χ1) is 4.63. The van der Waals surface area contributed by atoms with E-state index in [1.807, 2.05) is 0 Å². The van der Waals surface area contributed by atoms with Gasteiger partial charge < -0.3 is 0 Å². The van der Waals surface area contributed by atoms with Gasteiger partial charge in [-0.1, -0.05) is 34.8 Å². The number of rotatable bonds is 0. The molecule has 0 spiro atoms. The second-order valence-electron chi connectivity index (χ2n) is 1.39. The van der Waals surface area contributed by atoms with E-state index in [0.29, 0.717) is 0 Å². The summed E-state index contributed by atoms with van der Waals surface area (Å²) >= 11 is 21.9. The summed E-state index contributed by atoms with van der Waals surface area (Å²) in [5, 5.41) is 3.80. The van der Waals surface area contributed by atoms with Gasteiger partial charge in [0.15, 0.2) is 10.3 Å². The van der Waals surface area contributed by atoms with Crippen LogP contribution in [0.2, 0.25) is 0 Å². The van der Waals surface area contributed by atoms with Gasteiger partial charge >= 0.3 is 0 Å². The van der Waals surface area contributed by atoms with Crippen molar-refractivity contribution in [3.05, 3.63) is 10.2 Å². The van der Waals surface area contributed by atoms with Crippen LogP contribution in [0.15, 0.2) is 15.3 Å². The molecule has 0 aromatic rings.